The predicted octanol–water partition coefficient (Wildman–Crippen LogP) is 0.298. The van der Waals surface area contributed by atoms with Crippen molar-refractivity contribution >= 4 is 5.97 Å². The Kier molecular flexibility index (Phi) is 6.54. The fourth-order valence-corrected chi connectivity index (χ4v) is 1.15. The monoisotopic (exact) mass is 189 g/mol. The quantitative estimate of drug-likeness (QED) is 0.590. The molecule has 0 spiro atoms. The minimum absolute atomic E-state index is 0.219. The van der Waals surface area contributed by atoms with E-state index in [0.29, 0.717) is 0 Å². The van der Waals surface area contributed by atoms with Crippen molar-refractivity contribution in [3.05, 3.63) is 0 Å². The van der Waals surface area contributed by atoms with Crippen molar-refractivity contribution in [2.75, 3.05) is 13.7 Å². The normalized spacial score (nSPS) is 13.0. The Labute approximate surface area is 79.3 Å². The summed E-state index contributed by atoms with van der Waals surface area (Å²) in [5.74, 6) is -0.408. The second kappa shape index (κ2) is 6.86. The lowest BCUT2D eigenvalue weighted by Crippen LogP contribution is -2.45. The average molecular weight is 189 g/mol. The zero-order chi connectivity index (χ0) is 10.3. The summed E-state index contributed by atoms with van der Waals surface area (Å²) >= 11 is 0. The molecule has 0 heterocycles. The Bertz CT molecular complexity index is 146. The van der Waals surface area contributed by atoms with Crippen LogP contribution >= 0.6 is 0 Å². The fraction of sp³-hybridized carbons (Fsp3) is 0.889. The van der Waals surface area contributed by atoms with E-state index < -0.39 is 12.0 Å². The number of carbonyl (C=O) groups excluding carboxylic acids is 1. The Morgan fingerprint density at radius 3 is 2.31 bits per heavy atom. The van der Waals surface area contributed by atoms with Crippen LogP contribution in [0.15, 0.2) is 0 Å². The molecule has 0 aliphatic carbocycles. The molecule has 0 rings (SSSR count). The van der Waals surface area contributed by atoms with E-state index in [9.17, 15) is 4.79 Å². The van der Waals surface area contributed by atoms with Gasteiger partial charge in [0.2, 0.25) is 0 Å². The summed E-state index contributed by atoms with van der Waals surface area (Å²) in [6, 6.07) is -0.328. The maximum Gasteiger partial charge on any atom is 0.325 e. The number of esters is 1. The molecule has 0 aromatic rings. The summed E-state index contributed by atoms with van der Waals surface area (Å²) in [4.78, 5) is 11.1. The number of rotatable bonds is 6. The number of aliphatic hydroxyl groups is 1. The maximum absolute atomic E-state index is 11.1. The van der Waals surface area contributed by atoms with Crippen molar-refractivity contribution in [2.45, 2.75) is 38.8 Å². The van der Waals surface area contributed by atoms with Gasteiger partial charge in [0.15, 0.2) is 0 Å². The van der Waals surface area contributed by atoms with Gasteiger partial charge in [0.1, 0.15) is 6.04 Å². The largest absolute Gasteiger partial charge is 0.468 e. The molecule has 1 unspecified atom stereocenters. The van der Waals surface area contributed by atoms with Crippen molar-refractivity contribution in [1.82, 2.24) is 5.32 Å². The van der Waals surface area contributed by atoms with E-state index in [-0.39, 0.29) is 12.6 Å². The minimum Gasteiger partial charge on any atom is -0.468 e. The lowest BCUT2D eigenvalue weighted by molar-refractivity contribution is -0.144. The number of nitrogens with one attached hydrogen (secondary N) is 1. The molecule has 13 heavy (non-hydrogen) atoms. The number of hydrogen-bond acceptors (Lipinski definition) is 4. The molecular formula is C9H19NO3. The first-order valence-electron chi connectivity index (χ1n) is 4.64. The van der Waals surface area contributed by atoms with E-state index in [1.165, 1.54) is 7.11 Å². The first kappa shape index (κ1) is 12.4. The van der Waals surface area contributed by atoms with Gasteiger partial charge in [-0.1, -0.05) is 13.8 Å². The topological polar surface area (TPSA) is 58.6 Å². The van der Waals surface area contributed by atoms with Gasteiger partial charge in [-0.25, -0.2) is 0 Å². The highest BCUT2D eigenvalue weighted by molar-refractivity contribution is 5.75. The van der Waals surface area contributed by atoms with Gasteiger partial charge in [-0.05, 0) is 12.8 Å². The summed E-state index contributed by atoms with van der Waals surface area (Å²) in [6.07, 6.45) is 1.87. The summed E-state index contributed by atoms with van der Waals surface area (Å²) in [5.41, 5.74) is 0. The first-order chi connectivity index (χ1) is 6.19. The summed E-state index contributed by atoms with van der Waals surface area (Å²) in [5, 5.41) is 11.9. The van der Waals surface area contributed by atoms with E-state index in [1.807, 2.05) is 13.8 Å². The van der Waals surface area contributed by atoms with Crippen LogP contribution in [0, 0.1) is 0 Å². The zero-order valence-electron chi connectivity index (χ0n) is 8.54. The van der Waals surface area contributed by atoms with Crippen molar-refractivity contribution in [3.8, 4) is 0 Å². The van der Waals surface area contributed by atoms with E-state index in [1.54, 1.807) is 0 Å². The molecule has 0 aliphatic heterocycles. The van der Waals surface area contributed by atoms with Gasteiger partial charge in [-0.15, -0.1) is 0 Å². The SMILES string of the molecule is CCC(CC)NC(CO)C(=O)OC. The number of hydrogen-bond donors (Lipinski definition) is 2. The van der Waals surface area contributed by atoms with Crippen molar-refractivity contribution in [3.63, 3.8) is 0 Å². The van der Waals surface area contributed by atoms with E-state index in [0.717, 1.165) is 12.8 Å². The van der Waals surface area contributed by atoms with Crippen LogP contribution in [-0.2, 0) is 9.53 Å². The number of carbonyl (C=O) groups is 1. The highest BCUT2D eigenvalue weighted by Gasteiger charge is 2.19. The molecule has 0 bridgehead atoms. The fourth-order valence-electron chi connectivity index (χ4n) is 1.15. The summed E-state index contributed by atoms with van der Waals surface area (Å²) < 4.78 is 4.53. The second-order valence-corrected chi connectivity index (χ2v) is 2.94. The third kappa shape index (κ3) is 4.24. The predicted molar refractivity (Wildman–Crippen MR) is 50.4 cm³/mol. The number of ether oxygens (including phenoxy) is 1. The first-order valence-corrected chi connectivity index (χ1v) is 4.64. The van der Waals surface area contributed by atoms with Crippen molar-refractivity contribution < 1.29 is 14.6 Å². The highest BCUT2D eigenvalue weighted by Crippen LogP contribution is 1.99. The zero-order valence-corrected chi connectivity index (χ0v) is 8.54. The van der Waals surface area contributed by atoms with Gasteiger partial charge in [0.05, 0.1) is 13.7 Å². The van der Waals surface area contributed by atoms with Crippen LogP contribution in [0.1, 0.15) is 26.7 Å². The Morgan fingerprint density at radius 1 is 1.46 bits per heavy atom. The molecule has 78 valence electrons. The Morgan fingerprint density at radius 2 is 2.00 bits per heavy atom. The van der Waals surface area contributed by atoms with Crippen LogP contribution < -0.4 is 5.32 Å². The third-order valence-electron chi connectivity index (χ3n) is 2.09. The maximum atomic E-state index is 11.1. The molecule has 0 aromatic heterocycles. The molecule has 0 amide bonds. The van der Waals surface area contributed by atoms with E-state index >= 15 is 0 Å². The minimum atomic E-state index is -0.588. The molecule has 1 atom stereocenters. The van der Waals surface area contributed by atoms with Gasteiger partial charge in [-0.3, -0.25) is 10.1 Å². The average Bonchev–Trinajstić information content (AvgIpc) is 2.19. The van der Waals surface area contributed by atoms with Crippen LogP contribution in [0.4, 0.5) is 0 Å². The van der Waals surface area contributed by atoms with Gasteiger partial charge >= 0.3 is 5.97 Å². The van der Waals surface area contributed by atoms with Gasteiger partial charge < -0.3 is 9.84 Å². The van der Waals surface area contributed by atoms with Crippen LogP contribution in [-0.4, -0.2) is 36.9 Å². The summed E-state index contributed by atoms with van der Waals surface area (Å²) in [7, 11) is 1.32. The molecule has 2 N–H and O–H groups in total. The molecule has 0 saturated heterocycles. The number of aliphatic hydroxyl groups excluding tert-OH is 1. The Balaban J connectivity index is 4.02. The molecule has 0 saturated carbocycles. The molecular weight excluding hydrogens is 170 g/mol. The molecule has 0 fully saturated rings. The third-order valence-corrected chi connectivity index (χ3v) is 2.09. The van der Waals surface area contributed by atoms with Gasteiger partial charge in [0, 0.05) is 6.04 Å². The van der Waals surface area contributed by atoms with Crippen LogP contribution in [0.2, 0.25) is 0 Å². The standard InChI is InChI=1S/C9H19NO3/c1-4-7(5-2)10-8(6-11)9(12)13-3/h7-8,10-11H,4-6H2,1-3H3. The second-order valence-electron chi connectivity index (χ2n) is 2.94. The molecule has 4 heteroatoms. The molecule has 0 aliphatic rings. The molecule has 0 radical (unpaired) electrons. The van der Waals surface area contributed by atoms with Crippen LogP contribution in [0.25, 0.3) is 0 Å². The molecule has 0 aromatic carbocycles. The van der Waals surface area contributed by atoms with Gasteiger partial charge in [-0.2, -0.15) is 0 Å². The lowest BCUT2D eigenvalue weighted by atomic mass is 10.1. The van der Waals surface area contributed by atoms with E-state index in [2.05, 4.69) is 10.1 Å². The highest BCUT2D eigenvalue weighted by atomic mass is 16.5. The van der Waals surface area contributed by atoms with E-state index in [4.69, 9.17) is 5.11 Å². The van der Waals surface area contributed by atoms with Crippen LogP contribution in [0.3, 0.4) is 0 Å². The van der Waals surface area contributed by atoms with Crippen molar-refractivity contribution in [2.24, 2.45) is 0 Å². The van der Waals surface area contributed by atoms with Crippen LogP contribution in [0.5, 0.6) is 0 Å². The summed E-state index contributed by atoms with van der Waals surface area (Å²) in [6.45, 7) is 3.85. The lowest BCUT2D eigenvalue weighted by Gasteiger charge is -2.20. The van der Waals surface area contributed by atoms with Crippen molar-refractivity contribution in [1.29, 1.82) is 0 Å². The molecule has 4 nitrogen and oxygen atoms in total. The number of methoxy groups -OCH3 is 1. The Hall–Kier alpha value is -0.610. The smallest absolute Gasteiger partial charge is 0.325 e. The van der Waals surface area contributed by atoms with Gasteiger partial charge in [0.25, 0.3) is 0 Å².